The van der Waals surface area contributed by atoms with Crippen LogP contribution in [-0.2, 0) is 19.2 Å². The molecule has 0 unspecified atom stereocenters. The minimum Gasteiger partial charge on any atom is -0.507 e. The standard InChI is InChI=1S/C34H28I2N2O7/c1-44-20-13-25(39)30(26(14-20)45-2)28-21-11-12-22-27(33(42)37(31(22)40)18-7-3-16(35)4-8-18)23(21)15-24-29(28)34(43)38(32(24)41)19-9-5-17(36)6-10-19/h3-11,13-14,22-24,27-29,39H,12,15H2,1-2H3/t22-,23+,24+,27-,28-,29+/m0/s1. The van der Waals surface area contributed by atoms with Gasteiger partial charge >= 0.3 is 0 Å². The van der Waals surface area contributed by atoms with E-state index in [1.807, 2.05) is 30.3 Å². The number of allylic oxidation sites excluding steroid dienone is 2. The molecule has 4 amide bonds. The molecule has 230 valence electrons. The van der Waals surface area contributed by atoms with Crippen LogP contribution in [0.25, 0.3) is 0 Å². The Morgan fingerprint density at radius 2 is 1.27 bits per heavy atom. The van der Waals surface area contributed by atoms with E-state index in [2.05, 4.69) is 45.2 Å². The van der Waals surface area contributed by atoms with Crippen LogP contribution in [0.1, 0.15) is 24.3 Å². The number of nitrogens with zero attached hydrogens (tertiary/aromatic N) is 2. The van der Waals surface area contributed by atoms with E-state index < -0.39 is 35.5 Å². The SMILES string of the molecule is COc1cc(O)c([C@H]2C3=CC[C@@H]4C(=O)N(c5ccc(I)cc5)C(=O)[C@@H]4[C@@H]3C[C@H]3C(=O)N(c4ccc(I)cc4)C(=O)[C@@H]23)c(OC)c1. The molecule has 1 N–H and O–H groups in total. The first-order chi connectivity index (χ1) is 21.6. The number of rotatable bonds is 5. The summed E-state index contributed by atoms with van der Waals surface area (Å²) in [6.45, 7) is 0. The van der Waals surface area contributed by atoms with Gasteiger partial charge in [0.2, 0.25) is 23.6 Å². The Bertz CT molecular complexity index is 1790. The predicted molar refractivity (Wildman–Crippen MR) is 182 cm³/mol. The van der Waals surface area contributed by atoms with Gasteiger partial charge in [-0.1, -0.05) is 11.6 Å². The van der Waals surface area contributed by atoms with Crippen LogP contribution in [0.5, 0.6) is 17.2 Å². The molecule has 4 aliphatic rings. The molecule has 7 rings (SSSR count). The van der Waals surface area contributed by atoms with Crippen LogP contribution in [0.15, 0.2) is 72.3 Å². The van der Waals surface area contributed by atoms with Gasteiger partial charge in [0.15, 0.2) is 0 Å². The van der Waals surface area contributed by atoms with Crippen molar-refractivity contribution in [3.8, 4) is 17.2 Å². The third-order valence-electron chi connectivity index (χ3n) is 9.68. The van der Waals surface area contributed by atoms with Gasteiger partial charge in [-0.05, 0) is 112 Å². The number of methoxy groups -OCH3 is 2. The molecular weight excluding hydrogens is 802 g/mol. The number of ether oxygens (including phenoxy) is 2. The molecule has 2 heterocycles. The zero-order valence-electron chi connectivity index (χ0n) is 24.3. The lowest BCUT2D eigenvalue weighted by molar-refractivity contribution is -0.126. The average molecular weight is 830 g/mol. The van der Waals surface area contributed by atoms with Gasteiger partial charge in [-0.25, -0.2) is 0 Å². The van der Waals surface area contributed by atoms with E-state index in [-0.39, 0.29) is 35.8 Å². The summed E-state index contributed by atoms with van der Waals surface area (Å²) in [6, 6.07) is 17.5. The second kappa shape index (κ2) is 11.4. The number of hydrogen-bond acceptors (Lipinski definition) is 7. The van der Waals surface area contributed by atoms with Crippen molar-refractivity contribution in [2.75, 3.05) is 24.0 Å². The Labute approximate surface area is 286 Å². The maximum atomic E-state index is 14.3. The molecule has 0 spiro atoms. The number of phenols is 1. The smallest absolute Gasteiger partial charge is 0.238 e. The fourth-order valence-corrected chi connectivity index (χ4v) is 8.50. The van der Waals surface area contributed by atoms with Crippen molar-refractivity contribution in [2.45, 2.75) is 18.8 Å². The molecule has 0 radical (unpaired) electrons. The van der Waals surface area contributed by atoms with Crippen LogP contribution >= 0.6 is 45.2 Å². The maximum Gasteiger partial charge on any atom is 0.238 e. The number of halogens is 2. The van der Waals surface area contributed by atoms with Crippen LogP contribution in [0.3, 0.4) is 0 Å². The van der Waals surface area contributed by atoms with E-state index >= 15 is 0 Å². The average Bonchev–Trinajstić information content (AvgIpc) is 3.44. The van der Waals surface area contributed by atoms with Gasteiger partial charge in [0.05, 0.1) is 49.3 Å². The molecule has 0 aromatic heterocycles. The predicted octanol–water partition coefficient (Wildman–Crippen LogP) is 5.66. The molecule has 9 nitrogen and oxygen atoms in total. The topological polar surface area (TPSA) is 113 Å². The molecule has 3 aromatic carbocycles. The maximum absolute atomic E-state index is 14.3. The summed E-state index contributed by atoms with van der Waals surface area (Å²) < 4.78 is 13.0. The fourth-order valence-electron chi connectivity index (χ4n) is 7.79. The fraction of sp³-hybridized carbons (Fsp3) is 0.294. The van der Waals surface area contributed by atoms with E-state index in [4.69, 9.17) is 9.47 Å². The summed E-state index contributed by atoms with van der Waals surface area (Å²) in [6.07, 6.45) is 2.49. The number of anilines is 2. The monoisotopic (exact) mass is 830 g/mol. The van der Waals surface area contributed by atoms with Crippen LogP contribution in [-0.4, -0.2) is 43.0 Å². The highest BCUT2D eigenvalue weighted by atomic mass is 127. The van der Waals surface area contributed by atoms with Crippen LogP contribution < -0.4 is 19.3 Å². The van der Waals surface area contributed by atoms with E-state index in [0.717, 1.165) is 12.7 Å². The summed E-state index contributed by atoms with van der Waals surface area (Å²) in [5.41, 5.74) is 2.11. The number of aromatic hydroxyl groups is 1. The third-order valence-corrected chi connectivity index (χ3v) is 11.1. The first kappa shape index (κ1) is 30.2. The summed E-state index contributed by atoms with van der Waals surface area (Å²) in [7, 11) is 2.95. The molecule has 45 heavy (non-hydrogen) atoms. The number of carbonyl (C=O) groups excluding carboxylic acids is 4. The molecule has 2 aliphatic heterocycles. The van der Waals surface area contributed by atoms with Gasteiger partial charge in [0.25, 0.3) is 0 Å². The highest BCUT2D eigenvalue weighted by molar-refractivity contribution is 14.1. The first-order valence-corrected chi connectivity index (χ1v) is 16.7. The normalized spacial score (nSPS) is 27.2. The lowest BCUT2D eigenvalue weighted by Gasteiger charge is -2.44. The Morgan fingerprint density at radius 1 is 0.711 bits per heavy atom. The van der Waals surface area contributed by atoms with E-state index in [1.54, 1.807) is 30.3 Å². The third kappa shape index (κ3) is 4.67. The van der Waals surface area contributed by atoms with Gasteiger partial charge in [-0.15, -0.1) is 0 Å². The van der Waals surface area contributed by atoms with Crippen LogP contribution in [0, 0.1) is 36.7 Å². The highest BCUT2D eigenvalue weighted by Gasteiger charge is 2.63. The molecule has 2 saturated heterocycles. The Balaban J connectivity index is 1.37. The second-order valence-corrected chi connectivity index (χ2v) is 14.3. The lowest BCUT2D eigenvalue weighted by atomic mass is 9.57. The minimum absolute atomic E-state index is 0.138. The number of imide groups is 2. The summed E-state index contributed by atoms with van der Waals surface area (Å²) in [5, 5.41) is 11.4. The van der Waals surface area contributed by atoms with Gasteiger partial charge in [0.1, 0.15) is 17.2 Å². The molecule has 3 fully saturated rings. The molecule has 1 saturated carbocycles. The number of phenolic OH excluding ortho intramolecular Hbond substituents is 1. The van der Waals surface area contributed by atoms with Crippen molar-refractivity contribution in [3.63, 3.8) is 0 Å². The van der Waals surface area contributed by atoms with Crippen LogP contribution in [0.4, 0.5) is 11.4 Å². The van der Waals surface area contributed by atoms with E-state index in [0.29, 0.717) is 34.9 Å². The van der Waals surface area contributed by atoms with E-state index in [9.17, 15) is 24.3 Å². The van der Waals surface area contributed by atoms with Crippen molar-refractivity contribution in [2.24, 2.45) is 29.6 Å². The van der Waals surface area contributed by atoms with Crippen molar-refractivity contribution < 1.29 is 33.8 Å². The van der Waals surface area contributed by atoms with E-state index in [1.165, 1.54) is 30.1 Å². The van der Waals surface area contributed by atoms with Gasteiger partial charge < -0.3 is 14.6 Å². The first-order valence-electron chi connectivity index (χ1n) is 14.6. The minimum atomic E-state index is -0.844. The van der Waals surface area contributed by atoms with Gasteiger partial charge in [0, 0.05) is 30.8 Å². The largest absolute Gasteiger partial charge is 0.507 e. The Morgan fingerprint density at radius 3 is 1.82 bits per heavy atom. The summed E-state index contributed by atoms with van der Waals surface area (Å²) >= 11 is 4.34. The summed E-state index contributed by atoms with van der Waals surface area (Å²) in [4.78, 5) is 59.0. The zero-order chi connectivity index (χ0) is 31.7. The highest BCUT2D eigenvalue weighted by Crippen LogP contribution is 2.60. The van der Waals surface area contributed by atoms with Crippen molar-refractivity contribution in [1.82, 2.24) is 0 Å². The zero-order valence-corrected chi connectivity index (χ0v) is 28.6. The Kier molecular flexibility index (Phi) is 7.66. The molecule has 3 aromatic rings. The van der Waals surface area contributed by atoms with Crippen molar-refractivity contribution >= 4 is 80.2 Å². The van der Waals surface area contributed by atoms with Crippen LogP contribution in [0.2, 0.25) is 0 Å². The molecule has 6 atom stereocenters. The summed E-state index contributed by atoms with van der Waals surface area (Å²) in [5.74, 6) is -4.94. The number of carbonyl (C=O) groups is 4. The van der Waals surface area contributed by atoms with Gasteiger partial charge in [-0.2, -0.15) is 0 Å². The molecular formula is C34H28I2N2O7. The number of hydrogen-bond donors (Lipinski definition) is 1. The molecule has 2 aliphatic carbocycles. The Hall–Kier alpha value is -3.46. The number of benzene rings is 3. The lowest BCUT2D eigenvalue weighted by Crippen LogP contribution is -2.43. The second-order valence-electron chi connectivity index (χ2n) is 11.8. The molecule has 11 heteroatoms. The quantitative estimate of drug-likeness (QED) is 0.201. The molecule has 0 bridgehead atoms. The van der Waals surface area contributed by atoms with Crippen molar-refractivity contribution in [1.29, 1.82) is 0 Å². The number of fused-ring (bicyclic) bond motifs is 4. The van der Waals surface area contributed by atoms with Crippen molar-refractivity contribution in [3.05, 3.63) is 85.0 Å². The van der Waals surface area contributed by atoms with Gasteiger partial charge in [-0.3, -0.25) is 29.0 Å². The number of amides is 4.